The van der Waals surface area contributed by atoms with Crippen LogP contribution in [0.4, 0.5) is 14.6 Å². The quantitative estimate of drug-likeness (QED) is 0.853. The van der Waals surface area contributed by atoms with Crippen LogP contribution in [0.2, 0.25) is 0 Å². The van der Waals surface area contributed by atoms with Crippen LogP contribution in [0.5, 0.6) is 0 Å². The summed E-state index contributed by atoms with van der Waals surface area (Å²) >= 11 is 0. The van der Waals surface area contributed by atoms with Crippen molar-refractivity contribution >= 4 is 5.82 Å². The molecule has 1 aromatic heterocycles. The number of halogens is 2. The number of aromatic nitrogens is 2. The zero-order valence-electron chi connectivity index (χ0n) is 9.61. The summed E-state index contributed by atoms with van der Waals surface area (Å²) in [6, 6.07) is 5.02. The van der Waals surface area contributed by atoms with Gasteiger partial charge in [0.05, 0.1) is 13.2 Å². The Kier molecular flexibility index (Phi) is 3.88. The van der Waals surface area contributed by atoms with Gasteiger partial charge in [0.15, 0.2) is 0 Å². The third-order valence-corrected chi connectivity index (χ3v) is 2.44. The number of rotatable bonds is 5. The SMILES string of the molecule is OCCn1ccc(NCc2cc(F)ccc2F)n1. The Hall–Kier alpha value is -1.95. The van der Waals surface area contributed by atoms with Gasteiger partial charge < -0.3 is 10.4 Å². The number of anilines is 1. The summed E-state index contributed by atoms with van der Waals surface area (Å²) in [5, 5.41) is 15.7. The monoisotopic (exact) mass is 253 g/mol. The largest absolute Gasteiger partial charge is 0.394 e. The van der Waals surface area contributed by atoms with Crippen LogP contribution in [0.1, 0.15) is 5.56 Å². The number of benzene rings is 1. The molecule has 0 spiro atoms. The average molecular weight is 253 g/mol. The highest BCUT2D eigenvalue weighted by atomic mass is 19.1. The van der Waals surface area contributed by atoms with Crippen molar-refractivity contribution in [3.05, 3.63) is 47.7 Å². The third kappa shape index (κ3) is 3.04. The fourth-order valence-electron chi connectivity index (χ4n) is 1.55. The van der Waals surface area contributed by atoms with Crippen LogP contribution in [0.3, 0.4) is 0 Å². The summed E-state index contributed by atoms with van der Waals surface area (Å²) in [6.07, 6.45) is 1.69. The zero-order chi connectivity index (χ0) is 13.0. The molecule has 0 fully saturated rings. The highest BCUT2D eigenvalue weighted by molar-refractivity contribution is 5.34. The van der Waals surface area contributed by atoms with Gasteiger partial charge in [-0.25, -0.2) is 8.78 Å². The molecule has 4 nitrogen and oxygen atoms in total. The number of aliphatic hydroxyl groups is 1. The topological polar surface area (TPSA) is 50.1 Å². The van der Waals surface area contributed by atoms with Crippen LogP contribution >= 0.6 is 0 Å². The summed E-state index contributed by atoms with van der Waals surface area (Å²) < 4.78 is 27.8. The number of nitrogens with zero attached hydrogens (tertiary/aromatic N) is 2. The van der Waals surface area contributed by atoms with Gasteiger partial charge in [-0.05, 0) is 18.2 Å². The van der Waals surface area contributed by atoms with Crippen molar-refractivity contribution in [2.75, 3.05) is 11.9 Å². The van der Waals surface area contributed by atoms with Gasteiger partial charge in [-0.3, -0.25) is 4.68 Å². The lowest BCUT2D eigenvalue weighted by atomic mass is 10.2. The predicted octanol–water partition coefficient (Wildman–Crippen LogP) is 1.77. The van der Waals surface area contributed by atoms with E-state index in [0.717, 1.165) is 18.2 Å². The van der Waals surface area contributed by atoms with Gasteiger partial charge in [-0.15, -0.1) is 0 Å². The summed E-state index contributed by atoms with van der Waals surface area (Å²) in [7, 11) is 0. The molecule has 0 bridgehead atoms. The minimum Gasteiger partial charge on any atom is -0.394 e. The minimum absolute atomic E-state index is 0.000353. The smallest absolute Gasteiger partial charge is 0.148 e. The van der Waals surface area contributed by atoms with E-state index in [1.54, 1.807) is 16.9 Å². The van der Waals surface area contributed by atoms with E-state index in [4.69, 9.17) is 5.11 Å². The second-order valence-corrected chi connectivity index (χ2v) is 3.78. The van der Waals surface area contributed by atoms with E-state index in [1.165, 1.54) is 0 Å². The molecule has 0 saturated heterocycles. The molecule has 0 unspecified atom stereocenters. The van der Waals surface area contributed by atoms with Gasteiger partial charge in [0.25, 0.3) is 0 Å². The number of hydrogen-bond donors (Lipinski definition) is 2. The molecule has 0 aliphatic carbocycles. The average Bonchev–Trinajstić information content (AvgIpc) is 2.79. The van der Waals surface area contributed by atoms with Crippen LogP contribution in [0.25, 0.3) is 0 Å². The van der Waals surface area contributed by atoms with Crippen molar-refractivity contribution in [2.45, 2.75) is 13.1 Å². The van der Waals surface area contributed by atoms with Crippen LogP contribution in [-0.4, -0.2) is 21.5 Å². The first-order valence-corrected chi connectivity index (χ1v) is 5.51. The molecule has 0 aliphatic rings. The maximum absolute atomic E-state index is 13.3. The Morgan fingerprint density at radius 3 is 2.89 bits per heavy atom. The molecular weight excluding hydrogens is 240 g/mol. The first-order chi connectivity index (χ1) is 8.69. The van der Waals surface area contributed by atoms with Gasteiger partial charge in [0.1, 0.15) is 17.5 Å². The van der Waals surface area contributed by atoms with Crippen molar-refractivity contribution in [1.29, 1.82) is 0 Å². The lowest BCUT2D eigenvalue weighted by Crippen LogP contribution is -2.06. The molecule has 0 aliphatic heterocycles. The minimum atomic E-state index is -0.473. The van der Waals surface area contributed by atoms with E-state index in [1.807, 2.05) is 0 Å². The highest BCUT2D eigenvalue weighted by Crippen LogP contribution is 2.12. The summed E-state index contributed by atoms with van der Waals surface area (Å²) in [6.45, 7) is 0.551. The Bertz CT molecular complexity index is 528. The molecule has 2 N–H and O–H groups in total. The summed E-state index contributed by atoms with van der Waals surface area (Å²) in [4.78, 5) is 0. The summed E-state index contributed by atoms with van der Waals surface area (Å²) in [5.74, 6) is -0.384. The summed E-state index contributed by atoms with van der Waals surface area (Å²) in [5.41, 5.74) is 0.242. The molecule has 0 amide bonds. The third-order valence-electron chi connectivity index (χ3n) is 2.44. The standard InChI is InChI=1S/C12H13F2N3O/c13-10-1-2-11(14)9(7-10)8-15-12-3-4-17(16-12)5-6-18/h1-4,7,18H,5-6,8H2,(H,15,16). The van der Waals surface area contributed by atoms with Crippen LogP contribution < -0.4 is 5.32 Å². The fourth-order valence-corrected chi connectivity index (χ4v) is 1.55. The van der Waals surface area contributed by atoms with E-state index in [9.17, 15) is 8.78 Å². The maximum Gasteiger partial charge on any atom is 0.148 e. The van der Waals surface area contributed by atoms with Crippen molar-refractivity contribution in [3.8, 4) is 0 Å². The normalized spacial score (nSPS) is 10.6. The zero-order valence-corrected chi connectivity index (χ0v) is 9.61. The van der Waals surface area contributed by atoms with E-state index >= 15 is 0 Å². The lowest BCUT2D eigenvalue weighted by molar-refractivity contribution is 0.269. The van der Waals surface area contributed by atoms with E-state index < -0.39 is 11.6 Å². The lowest BCUT2D eigenvalue weighted by Gasteiger charge is -2.05. The molecule has 0 atom stereocenters. The second-order valence-electron chi connectivity index (χ2n) is 3.78. The van der Waals surface area contributed by atoms with Crippen LogP contribution in [-0.2, 0) is 13.1 Å². The fraction of sp³-hybridized carbons (Fsp3) is 0.250. The highest BCUT2D eigenvalue weighted by Gasteiger charge is 2.04. The first kappa shape index (κ1) is 12.5. The molecule has 0 saturated carbocycles. The molecule has 0 radical (unpaired) electrons. The number of aliphatic hydroxyl groups excluding tert-OH is 1. The predicted molar refractivity (Wildman–Crippen MR) is 63.0 cm³/mol. The Balaban J connectivity index is 1.99. The van der Waals surface area contributed by atoms with Gasteiger partial charge >= 0.3 is 0 Å². The Morgan fingerprint density at radius 2 is 2.11 bits per heavy atom. The van der Waals surface area contributed by atoms with Gasteiger partial charge in [0, 0.05) is 24.4 Å². The van der Waals surface area contributed by atoms with E-state index in [2.05, 4.69) is 10.4 Å². The molecule has 18 heavy (non-hydrogen) atoms. The first-order valence-electron chi connectivity index (χ1n) is 5.51. The molecule has 96 valence electrons. The molecule has 2 aromatic rings. The van der Waals surface area contributed by atoms with Crippen molar-refractivity contribution in [2.24, 2.45) is 0 Å². The molecule has 1 aromatic carbocycles. The van der Waals surface area contributed by atoms with Crippen LogP contribution in [0.15, 0.2) is 30.5 Å². The Labute approximate surface area is 103 Å². The number of nitrogens with one attached hydrogen (secondary N) is 1. The Morgan fingerprint density at radius 1 is 1.28 bits per heavy atom. The second kappa shape index (κ2) is 5.59. The number of hydrogen-bond acceptors (Lipinski definition) is 3. The molecular formula is C12H13F2N3O. The van der Waals surface area contributed by atoms with Gasteiger partial charge in [-0.2, -0.15) is 5.10 Å². The van der Waals surface area contributed by atoms with E-state index in [0.29, 0.717) is 12.4 Å². The van der Waals surface area contributed by atoms with E-state index in [-0.39, 0.29) is 18.7 Å². The van der Waals surface area contributed by atoms with Crippen molar-refractivity contribution in [3.63, 3.8) is 0 Å². The van der Waals surface area contributed by atoms with Crippen molar-refractivity contribution in [1.82, 2.24) is 9.78 Å². The molecule has 1 heterocycles. The van der Waals surface area contributed by atoms with Gasteiger partial charge in [-0.1, -0.05) is 0 Å². The van der Waals surface area contributed by atoms with Crippen molar-refractivity contribution < 1.29 is 13.9 Å². The molecule has 2 rings (SSSR count). The molecule has 6 heteroatoms. The van der Waals surface area contributed by atoms with Gasteiger partial charge in [0.2, 0.25) is 0 Å². The van der Waals surface area contributed by atoms with Crippen LogP contribution in [0, 0.1) is 11.6 Å². The maximum atomic E-state index is 13.3.